The van der Waals surface area contributed by atoms with Crippen molar-refractivity contribution in [1.82, 2.24) is 5.06 Å². The molecule has 0 spiro atoms. The van der Waals surface area contributed by atoms with E-state index in [1.54, 1.807) is 0 Å². The molecule has 0 unspecified atom stereocenters. The second-order valence-corrected chi connectivity index (χ2v) is 3.76. The first-order valence-electron chi connectivity index (χ1n) is 5.79. The Morgan fingerprint density at radius 1 is 1.24 bits per heavy atom. The van der Waals surface area contributed by atoms with Crippen molar-refractivity contribution in [3.8, 4) is 0 Å². The summed E-state index contributed by atoms with van der Waals surface area (Å²) in [4.78, 5) is 38.3. The largest absolute Gasteiger partial charge is 0.381 e. The highest BCUT2D eigenvalue weighted by Crippen LogP contribution is 2.12. The van der Waals surface area contributed by atoms with Crippen LogP contribution in [0.4, 0.5) is 0 Å². The Labute approximate surface area is 99.8 Å². The topological polar surface area (TPSA) is 72.9 Å². The van der Waals surface area contributed by atoms with Gasteiger partial charge >= 0.3 is 5.97 Å². The average molecular weight is 243 g/mol. The molecule has 1 aliphatic rings. The molecule has 6 nitrogen and oxygen atoms in total. The van der Waals surface area contributed by atoms with Crippen LogP contribution in [-0.2, 0) is 24.0 Å². The predicted octanol–water partition coefficient (Wildman–Crippen LogP) is 0.800. The average Bonchev–Trinajstić information content (AvgIpc) is 2.60. The highest BCUT2D eigenvalue weighted by atomic mass is 16.7. The molecule has 0 N–H and O–H groups in total. The molecule has 0 aromatic carbocycles. The van der Waals surface area contributed by atoms with Crippen LogP contribution in [0.3, 0.4) is 0 Å². The van der Waals surface area contributed by atoms with E-state index in [0.717, 1.165) is 6.42 Å². The molecule has 0 aliphatic carbocycles. The van der Waals surface area contributed by atoms with Crippen molar-refractivity contribution < 1.29 is 24.0 Å². The lowest BCUT2D eigenvalue weighted by Gasteiger charge is -2.12. The molecule has 96 valence electrons. The molecule has 17 heavy (non-hydrogen) atoms. The quantitative estimate of drug-likeness (QED) is 0.488. The number of amides is 2. The summed E-state index contributed by atoms with van der Waals surface area (Å²) in [7, 11) is 0. The van der Waals surface area contributed by atoms with Crippen LogP contribution in [0.1, 0.15) is 39.0 Å². The van der Waals surface area contributed by atoms with E-state index in [9.17, 15) is 14.4 Å². The van der Waals surface area contributed by atoms with E-state index in [2.05, 4.69) is 4.84 Å². The molecule has 0 atom stereocenters. The Morgan fingerprint density at radius 3 is 2.47 bits per heavy atom. The van der Waals surface area contributed by atoms with Gasteiger partial charge in [-0.05, 0) is 12.8 Å². The van der Waals surface area contributed by atoms with Crippen LogP contribution in [-0.4, -0.2) is 36.1 Å². The van der Waals surface area contributed by atoms with Crippen molar-refractivity contribution >= 4 is 17.8 Å². The van der Waals surface area contributed by atoms with Crippen molar-refractivity contribution in [2.24, 2.45) is 0 Å². The van der Waals surface area contributed by atoms with E-state index in [0.29, 0.717) is 24.7 Å². The van der Waals surface area contributed by atoms with Gasteiger partial charge in [0.05, 0.1) is 6.42 Å². The summed E-state index contributed by atoms with van der Waals surface area (Å²) < 4.78 is 5.19. The van der Waals surface area contributed by atoms with Gasteiger partial charge in [-0.15, -0.1) is 5.06 Å². The second kappa shape index (κ2) is 7.01. The number of imide groups is 1. The van der Waals surface area contributed by atoms with Crippen LogP contribution in [0.15, 0.2) is 0 Å². The molecule has 6 heteroatoms. The Hall–Kier alpha value is -1.43. The third-order valence-corrected chi connectivity index (χ3v) is 2.22. The highest BCUT2D eigenvalue weighted by Gasteiger charge is 2.32. The van der Waals surface area contributed by atoms with Crippen LogP contribution in [0.2, 0.25) is 0 Å². The Balaban J connectivity index is 2.16. The monoisotopic (exact) mass is 243 g/mol. The van der Waals surface area contributed by atoms with E-state index in [-0.39, 0.29) is 19.3 Å². The van der Waals surface area contributed by atoms with Crippen molar-refractivity contribution in [2.45, 2.75) is 39.0 Å². The van der Waals surface area contributed by atoms with Gasteiger partial charge in [0.1, 0.15) is 0 Å². The fourth-order valence-corrected chi connectivity index (χ4v) is 1.37. The lowest BCUT2D eigenvalue weighted by molar-refractivity contribution is -0.197. The first kappa shape index (κ1) is 13.6. The van der Waals surface area contributed by atoms with E-state index >= 15 is 0 Å². The second-order valence-electron chi connectivity index (χ2n) is 3.76. The molecule has 1 saturated heterocycles. The molecule has 1 aliphatic heterocycles. The third-order valence-electron chi connectivity index (χ3n) is 2.22. The minimum Gasteiger partial charge on any atom is -0.381 e. The first-order chi connectivity index (χ1) is 8.15. The summed E-state index contributed by atoms with van der Waals surface area (Å²) in [6.07, 6.45) is 1.83. The molecule has 0 aromatic heterocycles. The van der Waals surface area contributed by atoms with E-state index in [1.807, 2.05) is 6.92 Å². The van der Waals surface area contributed by atoms with Crippen molar-refractivity contribution in [2.75, 3.05) is 13.2 Å². The standard InChI is InChI=1S/C11H17NO5/c1-2-7-16-8-3-4-11(15)17-12-9(13)5-6-10(12)14/h2-8H2,1H3. The Bertz CT molecular complexity index is 286. The molecule has 1 heterocycles. The number of carbonyl (C=O) groups excluding carboxylic acids is 3. The van der Waals surface area contributed by atoms with Crippen molar-refractivity contribution in [3.05, 3.63) is 0 Å². The van der Waals surface area contributed by atoms with Crippen molar-refractivity contribution in [1.29, 1.82) is 0 Å². The van der Waals surface area contributed by atoms with Gasteiger partial charge in [-0.3, -0.25) is 9.59 Å². The number of hydrogen-bond donors (Lipinski definition) is 0. The Morgan fingerprint density at radius 2 is 1.88 bits per heavy atom. The van der Waals surface area contributed by atoms with Crippen LogP contribution in [0.25, 0.3) is 0 Å². The SMILES string of the molecule is CCCOCCCC(=O)ON1C(=O)CCC1=O. The molecular weight excluding hydrogens is 226 g/mol. The normalized spacial score (nSPS) is 15.5. The maximum atomic E-state index is 11.3. The lowest BCUT2D eigenvalue weighted by Crippen LogP contribution is -2.32. The highest BCUT2D eigenvalue weighted by molar-refractivity contribution is 6.01. The lowest BCUT2D eigenvalue weighted by atomic mass is 10.3. The summed E-state index contributed by atoms with van der Waals surface area (Å²) in [6, 6.07) is 0. The van der Waals surface area contributed by atoms with Crippen LogP contribution in [0, 0.1) is 0 Å². The fraction of sp³-hybridized carbons (Fsp3) is 0.727. The number of hydroxylamine groups is 2. The summed E-state index contributed by atoms with van der Waals surface area (Å²) in [6.45, 7) is 3.14. The summed E-state index contributed by atoms with van der Waals surface area (Å²) >= 11 is 0. The summed E-state index contributed by atoms with van der Waals surface area (Å²) in [5.41, 5.74) is 0. The van der Waals surface area contributed by atoms with Gasteiger partial charge in [-0.2, -0.15) is 0 Å². The zero-order chi connectivity index (χ0) is 12.7. The van der Waals surface area contributed by atoms with Gasteiger partial charge in [0, 0.05) is 26.1 Å². The van der Waals surface area contributed by atoms with Crippen LogP contribution < -0.4 is 0 Å². The Kier molecular flexibility index (Phi) is 5.62. The van der Waals surface area contributed by atoms with E-state index < -0.39 is 17.8 Å². The minimum absolute atomic E-state index is 0.117. The van der Waals surface area contributed by atoms with E-state index in [4.69, 9.17) is 4.74 Å². The maximum absolute atomic E-state index is 11.3. The van der Waals surface area contributed by atoms with Crippen LogP contribution >= 0.6 is 0 Å². The van der Waals surface area contributed by atoms with Gasteiger partial charge in [-0.1, -0.05) is 6.92 Å². The molecule has 1 rings (SSSR count). The summed E-state index contributed by atoms with van der Waals surface area (Å²) in [5, 5.41) is 0.565. The van der Waals surface area contributed by atoms with Crippen molar-refractivity contribution in [3.63, 3.8) is 0 Å². The van der Waals surface area contributed by atoms with E-state index in [1.165, 1.54) is 0 Å². The first-order valence-corrected chi connectivity index (χ1v) is 5.79. The number of carbonyl (C=O) groups is 3. The minimum atomic E-state index is -0.575. The smallest absolute Gasteiger partial charge is 0.333 e. The zero-order valence-electron chi connectivity index (χ0n) is 9.94. The van der Waals surface area contributed by atoms with Gasteiger partial charge in [0.25, 0.3) is 11.8 Å². The molecule has 0 aromatic rings. The molecule has 0 bridgehead atoms. The predicted molar refractivity (Wildman–Crippen MR) is 57.5 cm³/mol. The number of hydrogen-bond acceptors (Lipinski definition) is 5. The zero-order valence-corrected chi connectivity index (χ0v) is 9.94. The van der Waals surface area contributed by atoms with Crippen LogP contribution in [0.5, 0.6) is 0 Å². The van der Waals surface area contributed by atoms with Gasteiger partial charge in [0.2, 0.25) is 0 Å². The molecule has 0 saturated carbocycles. The van der Waals surface area contributed by atoms with Gasteiger partial charge < -0.3 is 9.57 Å². The maximum Gasteiger partial charge on any atom is 0.333 e. The fourth-order valence-electron chi connectivity index (χ4n) is 1.37. The molecular formula is C11H17NO5. The third kappa shape index (κ3) is 4.52. The number of rotatable bonds is 7. The molecule has 2 amide bonds. The van der Waals surface area contributed by atoms with Gasteiger partial charge in [0.15, 0.2) is 0 Å². The number of ether oxygens (including phenoxy) is 1. The van der Waals surface area contributed by atoms with Gasteiger partial charge in [-0.25, -0.2) is 4.79 Å². The molecule has 0 radical (unpaired) electrons. The summed E-state index contributed by atoms with van der Waals surface area (Å²) in [5.74, 6) is -1.48. The molecule has 1 fully saturated rings. The number of nitrogens with zero attached hydrogens (tertiary/aromatic N) is 1.